The first-order valence-corrected chi connectivity index (χ1v) is 9.69. The summed E-state index contributed by atoms with van der Waals surface area (Å²) in [6, 6.07) is 14.7. The molecule has 0 unspecified atom stereocenters. The fraction of sp³-hybridized carbons (Fsp3) is 0.200. The van der Waals surface area contributed by atoms with Gasteiger partial charge in [-0.3, -0.25) is 9.59 Å². The van der Waals surface area contributed by atoms with Gasteiger partial charge in [0, 0.05) is 10.5 Å². The molecule has 0 aliphatic carbocycles. The van der Waals surface area contributed by atoms with Crippen LogP contribution >= 0.6 is 11.8 Å². The molecule has 29 heavy (non-hydrogen) atoms. The zero-order valence-corrected chi connectivity index (χ0v) is 16.3. The summed E-state index contributed by atoms with van der Waals surface area (Å²) < 4.78 is 15.5. The van der Waals surface area contributed by atoms with E-state index < -0.39 is 11.2 Å². The smallest absolute Gasteiger partial charge is 0.307 e. The molecule has 9 heteroatoms. The predicted molar refractivity (Wildman–Crippen MR) is 105 cm³/mol. The molecule has 3 aromatic rings. The Kier molecular flexibility index (Phi) is 5.48. The Morgan fingerprint density at radius 2 is 2.10 bits per heavy atom. The van der Waals surface area contributed by atoms with Crippen molar-refractivity contribution in [1.82, 2.24) is 10.1 Å². The van der Waals surface area contributed by atoms with Crippen molar-refractivity contribution in [2.75, 3.05) is 12.4 Å². The summed E-state index contributed by atoms with van der Waals surface area (Å²) in [7, 11) is 1.57. The fourth-order valence-corrected chi connectivity index (χ4v) is 3.87. The van der Waals surface area contributed by atoms with Crippen LogP contribution in [-0.4, -0.2) is 34.4 Å². The van der Waals surface area contributed by atoms with Gasteiger partial charge in [-0.25, -0.2) is 0 Å². The van der Waals surface area contributed by atoms with Gasteiger partial charge in [-0.15, -0.1) is 11.8 Å². The maximum Gasteiger partial charge on any atom is 0.307 e. The van der Waals surface area contributed by atoms with Gasteiger partial charge in [-0.05, 0) is 24.3 Å². The number of para-hydroxylation sites is 1. The molecule has 1 aliphatic heterocycles. The van der Waals surface area contributed by atoms with E-state index >= 15 is 0 Å². The van der Waals surface area contributed by atoms with Crippen molar-refractivity contribution < 1.29 is 23.6 Å². The lowest BCUT2D eigenvalue weighted by Crippen LogP contribution is -2.31. The molecule has 1 aliphatic rings. The molecule has 0 spiro atoms. The zero-order chi connectivity index (χ0) is 20.2. The molecule has 1 N–H and O–H groups in total. The second-order valence-corrected chi connectivity index (χ2v) is 7.44. The van der Waals surface area contributed by atoms with E-state index in [-0.39, 0.29) is 24.8 Å². The summed E-state index contributed by atoms with van der Waals surface area (Å²) in [6.45, 7) is -0.161. The van der Waals surface area contributed by atoms with Crippen LogP contribution in [0.1, 0.15) is 12.3 Å². The number of aromatic nitrogens is 2. The Morgan fingerprint density at radius 3 is 2.97 bits per heavy atom. The third-order valence-electron chi connectivity index (χ3n) is 4.21. The molecule has 0 saturated heterocycles. The van der Waals surface area contributed by atoms with Gasteiger partial charge in [-0.1, -0.05) is 29.4 Å². The van der Waals surface area contributed by atoms with Crippen LogP contribution in [0.2, 0.25) is 0 Å². The van der Waals surface area contributed by atoms with Crippen LogP contribution in [0.5, 0.6) is 5.75 Å². The molecule has 0 saturated carbocycles. The molecule has 2 heterocycles. The number of nitrogens with one attached hydrogen (secondary N) is 1. The number of anilines is 1. The fourth-order valence-electron chi connectivity index (χ4n) is 2.77. The molecule has 0 radical (unpaired) electrons. The number of carbonyl (C=O) groups excluding carboxylic acids is 2. The van der Waals surface area contributed by atoms with E-state index in [2.05, 4.69) is 15.5 Å². The number of methoxy groups -OCH3 is 1. The van der Waals surface area contributed by atoms with Crippen molar-refractivity contribution in [1.29, 1.82) is 0 Å². The van der Waals surface area contributed by atoms with E-state index in [0.717, 1.165) is 16.1 Å². The molecule has 0 bridgehead atoms. The Labute approximate surface area is 170 Å². The average molecular weight is 411 g/mol. The van der Waals surface area contributed by atoms with Crippen molar-refractivity contribution in [3.05, 3.63) is 54.4 Å². The Balaban J connectivity index is 1.33. The topological polar surface area (TPSA) is 104 Å². The van der Waals surface area contributed by atoms with E-state index in [0.29, 0.717) is 11.6 Å². The van der Waals surface area contributed by atoms with Crippen molar-refractivity contribution in [2.45, 2.75) is 23.2 Å². The van der Waals surface area contributed by atoms with Crippen molar-refractivity contribution in [3.63, 3.8) is 0 Å². The first-order valence-electron chi connectivity index (χ1n) is 8.81. The lowest BCUT2D eigenvalue weighted by atomic mass is 10.2. The zero-order valence-electron chi connectivity index (χ0n) is 15.5. The van der Waals surface area contributed by atoms with E-state index in [1.807, 2.05) is 42.5 Å². The Bertz CT molecular complexity index is 1050. The van der Waals surface area contributed by atoms with E-state index in [9.17, 15) is 9.59 Å². The van der Waals surface area contributed by atoms with Crippen LogP contribution in [-0.2, 0) is 20.9 Å². The van der Waals surface area contributed by atoms with Crippen LogP contribution in [0.25, 0.3) is 11.4 Å². The summed E-state index contributed by atoms with van der Waals surface area (Å²) >= 11 is 1.34. The van der Waals surface area contributed by atoms with Crippen LogP contribution in [0, 0.1) is 0 Å². The van der Waals surface area contributed by atoms with Crippen molar-refractivity contribution in [3.8, 4) is 17.1 Å². The van der Waals surface area contributed by atoms with Gasteiger partial charge in [0.2, 0.25) is 11.7 Å². The number of rotatable bonds is 6. The highest BCUT2D eigenvalue weighted by atomic mass is 32.2. The minimum atomic E-state index is -0.549. The molecule has 0 fully saturated rings. The number of ether oxygens (including phenoxy) is 2. The summed E-state index contributed by atoms with van der Waals surface area (Å²) in [5.41, 5.74) is 1.47. The number of hydrogen-bond acceptors (Lipinski definition) is 8. The minimum absolute atomic E-state index is 0.0539. The van der Waals surface area contributed by atoms with Crippen LogP contribution in [0.15, 0.2) is 57.9 Å². The normalized spacial score (nSPS) is 15.3. The number of nitrogens with zero attached hydrogens (tertiary/aromatic N) is 2. The summed E-state index contributed by atoms with van der Waals surface area (Å²) in [4.78, 5) is 29.5. The molecule has 1 aromatic heterocycles. The number of fused-ring (bicyclic) bond motifs is 1. The van der Waals surface area contributed by atoms with Crippen LogP contribution in [0.3, 0.4) is 0 Å². The number of amides is 1. The van der Waals surface area contributed by atoms with E-state index in [1.54, 1.807) is 13.2 Å². The van der Waals surface area contributed by atoms with Crippen molar-refractivity contribution >= 4 is 29.3 Å². The number of carbonyl (C=O) groups is 2. The molecule has 1 amide bonds. The van der Waals surface area contributed by atoms with E-state index in [1.165, 1.54) is 11.8 Å². The number of esters is 1. The quantitative estimate of drug-likeness (QED) is 0.616. The molecule has 1 atom stereocenters. The second kappa shape index (κ2) is 8.36. The predicted octanol–water partition coefficient (Wildman–Crippen LogP) is 3.29. The van der Waals surface area contributed by atoms with Crippen LogP contribution < -0.4 is 10.1 Å². The minimum Gasteiger partial charge on any atom is -0.497 e. The summed E-state index contributed by atoms with van der Waals surface area (Å²) in [6.07, 6.45) is -0.0539. The lowest BCUT2D eigenvalue weighted by molar-refractivity contribution is -0.146. The maximum absolute atomic E-state index is 12.2. The maximum atomic E-state index is 12.2. The van der Waals surface area contributed by atoms with Gasteiger partial charge in [0.05, 0.1) is 24.5 Å². The SMILES string of the molecule is COc1cccc(-c2noc(COC(=O)C[C@@H]3Sc4ccccc4NC3=O)n2)c1. The molecule has 8 nitrogen and oxygen atoms in total. The number of hydrogen-bond donors (Lipinski definition) is 1. The summed E-state index contributed by atoms with van der Waals surface area (Å²) in [5, 5.41) is 6.14. The number of benzene rings is 2. The van der Waals surface area contributed by atoms with Crippen molar-refractivity contribution in [2.24, 2.45) is 0 Å². The Hall–Kier alpha value is -3.33. The first kappa shape index (κ1) is 19.0. The first-order chi connectivity index (χ1) is 14.1. The molecular formula is C20H17N3O5S. The highest BCUT2D eigenvalue weighted by Gasteiger charge is 2.29. The number of thioether (sulfide) groups is 1. The molecule has 148 valence electrons. The highest BCUT2D eigenvalue weighted by molar-refractivity contribution is 8.01. The van der Waals surface area contributed by atoms with E-state index in [4.69, 9.17) is 14.0 Å². The standard InChI is InChI=1S/C20H17N3O5S/c1-26-13-6-4-5-12(9-13)19-22-17(28-23-19)11-27-18(24)10-16-20(25)21-14-7-2-3-8-15(14)29-16/h2-9,16H,10-11H2,1H3,(H,21,25)/t16-/m0/s1. The average Bonchev–Trinajstić information content (AvgIpc) is 3.22. The molecule has 2 aromatic carbocycles. The largest absolute Gasteiger partial charge is 0.497 e. The lowest BCUT2D eigenvalue weighted by Gasteiger charge is -2.23. The second-order valence-electron chi connectivity index (χ2n) is 6.20. The molecular weight excluding hydrogens is 394 g/mol. The van der Waals surface area contributed by atoms with Gasteiger partial charge in [0.25, 0.3) is 5.89 Å². The van der Waals surface area contributed by atoms with Gasteiger partial charge < -0.3 is 19.3 Å². The summed E-state index contributed by atoms with van der Waals surface area (Å²) in [5.74, 6) is 0.475. The Morgan fingerprint density at radius 1 is 1.24 bits per heavy atom. The third kappa shape index (κ3) is 4.40. The third-order valence-corrected chi connectivity index (χ3v) is 5.49. The van der Waals surface area contributed by atoms with Gasteiger partial charge in [0.1, 0.15) is 5.75 Å². The van der Waals surface area contributed by atoms with Crippen LogP contribution in [0.4, 0.5) is 5.69 Å². The highest BCUT2D eigenvalue weighted by Crippen LogP contribution is 2.36. The van der Waals surface area contributed by atoms with Gasteiger partial charge in [-0.2, -0.15) is 4.98 Å². The monoisotopic (exact) mass is 411 g/mol. The van der Waals surface area contributed by atoms with Gasteiger partial charge >= 0.3 is 5.97 Å². The van der Waals surface area contributed by atoms with Gasteiger partial charge in [0.15, 0.2) is 6.61 Å². The molecule has 4 rings (SSSR count).